The number of aromatic nitrogens is 4. The Bertz CT molecular complexity index is 1510. The van der Waals surface area contributed by atoms with Crippen LogP contribution in [0.25, 0.3) is 11.2 Å². The summed E-state index contributed by atoms with van der Waals surface area (Å²) in [7, 11) is 1.48. The van der Waals surface area contributed by atoms with Crippen LogP contribution in [0.15, 0.2) is 30.9 Å². The van der Waals surface area contributed by atoms with Gasteiger partial charge in [0.25, 0.3) is 11.8 Å². The molecule has 5 N–H and O–H groups in total. The van der Waals surface area contributed by atoms with E-state index in [1.165, 1.54) is 56.6 Å². The molecule has 6 rings (SSSR count). The Hall–Kier alpha value is -3.56. The van der Waals surface area contributed by atoms with E-state index in [4.69, 9.17) is 26.8 Å². The molecule has 15 heteroatoms. The van der Waals surface area contributed by atoms with Crippen LogP contribution in [0.1, 0.15) is 43.9 Å². The first kappa shape index (κ1) is 31.4. The molecule has 0 radical (unpaired) electrons. The quantitative estimate of drug-likeness (QED) is 0.265. The van der Waals surface area contributed by atoms with Crippen LogP contribution in [0.5, 0.6) is 5.75 Å². The summed E-state index contributed by atoms with van der Waals surface area (Å²) in [5.41, 5.74) is 7.62. The Morgan fingerprint density at radius 2 is 1.91 bits per heavy atom. The largest absolute Gasteiger partial charge is 0.483 e. The lowest BCUT2D eigenvalue weighted by atomic mass is 10.00. The second-order valence-electron chi connectivity index (χ2n) is 11.8. The van der Waals surface area contributed by atoms with Gasteiger partial charge in [0.05, 0.1) is 12.4 Å². The molecule has 5 heterocycles. The standard InChI is InChI=1S/C30H40ClN9O5/c1-33-29(43)26-23(32)25(42)30(45-26)40-17-37-24-27(35-16-36-28(24)40)34-14-18-13-19(31)5-6-21(18)44-15-22(41)39-11-7-20(8-12-39)38-9-3-2-4-10-38/h5-6,13,16-17,20,23,25-26,30,42H,2-4,7-12,14-15,32H2,1H3,(H,33,43)(H,34,35,36)/t23-,25+,26-,30+/m0/s1. The monoisotopic (exact) mass is 641 g/mol. The minimum absolute atomic E-state index is 0.0290. The number of rotatable bonds is 9. The zero-order valence-electron chi connectivity index (χ0n) is 25.3. The number of hydrogen-bond donors (Lipinski definition) is 4. The molecule has 3 saturated heterocycles. The van der Waals surface area contributed by atoms with E-state index in [9.17, 15) is 14.7 Å². The summed E-state index contributed by atoms with van der Waals surface area (Å²) in [5, 5.41) is 17.0. The van der Waals surface area contributed by atoms with Gasteiger partial charge in [-0.15, -0.1) is 0 Å². The van der Waals surface area contributed by atoms with Crippen LogP contribution in [0.4, 0.5) is 5.82 Å². The van der Waals surface area contributed by atoms with Gasteiger partial charge in [0.1, 0.15) is 18.2 Å². The van der Waals surface area contributed by atoms with Crippen molar-refractivity contribution in [3.63, 3.8) is 0 Å². The van der Waals surface area contributed by atoms with E-state index in [-0.39, 0.29) is 19.1 Å². The molecule has 3 aromatic rings. The van der Waals surface area contributed by atoms with Crippen LogP contribution in [-0.4, -0.2) is 110 Å². The van der Waals surface area contributed by atoms with Crippen molar-refractivity contribution in [3.8, 4) is 5.75 Å². The van der Waals surface area contributed by atoms with E-state index < -0.39 is 30.4 Å². The van der Waals surface area contributed by atoms with E-state index in [1.54, 1.807) is 18.2 Å². The number of nitrogens with two attached hydrogens (primary N) is 1. The average Bonchev–Trinajstić information content (AvgIpc) is 3.63. The van der Waals surface area contributed by atoms with Crippen molar-refractivity contribution in [1.82, 2.24) is 34.6 Å². The normalized spacial score (nSPS) is 24.6. The summed E-state index contributed by atoms with van der Waals surface area (Å²) in [4.78, 5) is 42.8. The number of ether oxygens (including phenoxy) is 2. The number of anilines is 1. The summed E-state index contributed by atoms with van der Waals surface area (Å²) in [5.74, 6) is 0.510. The fourth-order valence-electron chi connectivity index (χ4n) is 6.47. The van der Waals surface area contributed by atoms with Gasteiger partial charge in [0, 0.05) is 43.3 Å². The molecule has 3 aliphatic heterocycles. The highest BCUT2D eigenvalue weighted by molar-refractivity contribution is 6.30. The number of likely N-dealkylation sites (N-methyl/N-ethyl adjacent to an activating group) is 1. The first-order valence-corrected chi connectivity index (χ1v) is 15.9. The van der Waals surface area contributed by atoms with Crippen molar-refractivity contribution in [3.05, 3.63) is 41.4 Å². The fraction of sp³-hybridized carbons (Fsp3) is 0.567. The topological polar surface area (TPSA) is 173 Å². The number of imidazole rings is 1. The number of carbonyl (C=O) groups is 2. The predicted octanol–water partition coefficient (Wildman–Crippen LogP) is 1.28. The highest BCUT2D eigenvalue weighted by Crippen LogP contribution is 2.32. The van der Waals surface area contributed by atoms with E-state index in [1.807, 2.05) is 4.90 Å². The number of nitrogens with one attached hydrogen (secondary N) is 2. The highest BCUT2D eigenvalue weighted by Gasteiger charge is 2.46. The van der Waals surface area contributed by atoms with Crippen LogP contribution in [0.2, 0.25) is 5.02 Å². The number of fused-ring (bicyclic) bond motifs is 1. The molecule has 0 unspecified atom stereocenters. The fourth-order valence-corrected chi connectivity index (χ4v) is 6.66. The van der Waals surface area contributed by atoms with Gasteiger partial charge >= 0.3 is 0 Å². The predicted molar refractivity (Wildman–Crippen MR) is 167 cm³/mol. The van der Waals surface area contributed by atoms with Crippen LogP contribution in [0.3, 0.4) is 0 Å². The molecule has 45 heavy (non-hydrogen) atoms. The Balaban J connectivity index is 1.09. The maximum Gasteiger partial charge on any atom is 0.260 e. The molecule has 3 aliphatic rings. The molecular weight excluding hydrogens is 602 g/mol. The van der Waals surface area contributed by atoms with E-state index in [2.05, 4.69) is 30.5 Å². The number of nitrogens with zero attached hydrogens (tertiary/aromatic N) is 6. The van der Waals surface area contributed by atoms with Crippen molar-refractivity contribution in [2.24, 2.45) is 5.73 Å². The van der Waals surface area contributed by atoms with E-state index in [0.717, 1.165) is 31.5 Å². The number of aliphatic hydroxyl groups excluding tert-OH is 1. The summed E-state index contributed by atoms with van der Waals surface area (Å²) in [6, 6.07) is 4.90. The third kappa shape index (κ3) is 6.70. The number of aliphatic hydroxyl groups is 1. The van der Waals surface area contributed by atoms with Crippen molar-refractivity contribution >= 4 is 40.4 Å². The third-order valence-corrected chi connectivity index (χ3v) is 9.24. The molecular formula is C30H40ClN9O5. The van der Waals surface area contributed by atoms with Gasteiger partial charge in [0.2, 0.25) is 0 Å². The second kappa shape index (κ2) is 13.8. The molecule has 4 atom stereocenters. The molecule has 2 aromatic heterocycles. The molecule has 2 amide bonds. The van der Waals surface area contributed by atoms with Crippen LogP contribution in [0, 0.1) is 0 Å². The minimum Gasteiger partial charge on any atom is -0.483 e. The van der Waals surface area contributed by atoms with Gasteiger partial charge in [-0.05, 0) is 57.0 Å². The van der Waals surface area contributed by atoms with Gasteiger partial charge in [-0.25, -0.2) is 15.0 Å². The number of carbonyl (C=O) groups excluding carboxylic acids is 2. The zero-order chi connectivity index (χ0) is 31.5. The van der Waals surface area contributed by atoms with E-state index in [0.29, 0.717) is 33.8 Å². The Labute approximate surface area is 266 Å². The molecule has 0 saturated carbocycles. The molecule has 3 fully saturated rings. The zero-order valence-corrected chi connectivity index (χ0v) is 26.0. The van der Waals surface area contributed by atoms with Crippen LogP contribution < -0.4 is 21.1 Å². The van der Waals surface area contributed by atoms with Crippen LogP contribution >= 0.6 is 11.6 Å². The molecule has 242 valence electrons. The smallest absolute Gasteiger partial charge is 0.260 e. The summed E-state index contributed by atoms with van der Waals surface area (Å²) in [6.07, 6.45) is 5.54. The van der Waals surface area contributed by atoms with Gasteiger partial charge in [0.15, 0.2) is 35.9 Å². The summed E-state index contributed by atoms with van der Waals surface area (Å²) >= 11 is 6.32. The van der Waals surface area contributed by atoms with Crippen LogP contribution in [-0.2, 0) is 20.9 Å². The number of piperidine rings is 2. The molecule has 0 aliphatic carbocycles. The molecule has 0 bridgehead atoms. The Morgan fingerprint density at radius 3 is 2.67 bits per heavy atom. The molecule has 14 nitrogen and oxygen atoms in total. The number of hydrogen-bond acceptors (Lipinski definition) is 11. The number of benzene rings is 1. The first-order chi connectivity index (χ1) is 21.8. The summed E-state index contributed by atoms with van der Waals surface area (Å²) in [6.45, 7) is 4.05. The second-order valence-corrected chi connectivity index (χ2v) is 12.2. The van der Waals surface area contributed by atoms with Gasteiger partial charge in [-0.2, -0.15) is 0 Å². The lowest BCUT2D eigenvalue weighted by Crippen LogP contribution is -2.49. The SMILES string of the molecule is CNC(=O)[C@H]1O[C@@H](n2cnc3c(NCc4cc(Cl)ccc4OCC(=O)N4CCC(N5CCCCC5)CC4)ncnc32)[C@H](O)[C@@H]1N. The van der Waals surface area contributed by atoms with Crippen molar-refractivity contribution in [2.75, 3.05) is 45.2 Å². The van der Waals surface area contributed by atoms with Crippen molar-refractivity contribution in [1.29, 1.82) is 0 Å². The number of halogens is 1. The van der Waals surface area contributed by atoms with Crippen molar-refractivity contribution < 1.29 is 24.2 Å². The minimum atomic E-state index is -1.16. The average molecular weight is 642 g/mol. The lowest BCUT2D eigenvalue weighted by molar-refractivity contribution is -0.135. The third-order valence-electron chi connectivity index (χ3n) is 9.00. The maximum absolute atomic E-state index is 13.0. The lowest BCUT2D eigenvalue weighted by Gasteiger charge is -2.40. The number of amides is 2. The molecule has 0 spiro atoms. The summed E-state index contributed by atoms with van der Waals surface area (Å²) < 4.78 is 13.4. The van der Waals surface area contributed by atoms with E-state index >= 15 is 0 Å². The Kier molecular flexibility index (Phi) is 9.66. The van der Waals surface area contributed by atoms with Gasteiger partial charge < -0.3 is 40.7 Å². The van der Waals surface area contributed by atoms with Gasteiger partial charge in [-0.1, -0.05) is 18.0 Å². The van der Waals surface area contributed by atoms with Crippen molar-refractivity contribution in [2.45, 2.75) is 69.2 Å². The maximum atomic E-state index is 13.0. The highest BCUT2D eigenvalue weighted by atomic mass is 35.5. The Morgan fingerprint density at radius 1 is 1.13 bits per heavy atom. The first-order valence-electron chi connectivity index (χ1n) is 15.5. The van der Waals surface area contributed by atoms with Gasteiger partial charge in [-0.3, -0.25) is 14.2 Å². The molecule has 1 aromatic carbocycles. The number of likely N-dealkylation sites (tertiary alicyclic amines) is 2.